The molecule has 108 valence electrons. The fraction of sp³-hybridized carbons (Fsp3) is 0.389. The van der Waals surface area contributed by atoms with E-state index in [1.165, 1.54) is 23.9 Å². The summed E-state index contributed by atoms with van der Waals surface area (Å²) in [7, 11) is 1.71. The molecule has 3 heterocycles. The number of hydrogen-bond acceptors (Lipinski definition) is 3. The van der Waals surface area contributed by atoms with Crippen molar-refractivity contribution in [2.45, 2.75) is 24.9 Å². The molecule has 2 aliphatic heterocycles. The molecule has 0 radical (unpaired) electrons. The molecule has 2 saturated heterocycles. The van der Waals surface area contributed by atoms with E-state index in [-0.39, 0.29) is 0 Å². The van der Waals surface area contributed by atoms with E-state index in [0.29, 0.717) is 6.04 Å². The Hall–Kier alpha value is -1.87. The van der Waals surface area contributed by atoms with Gasteiger partial charge in [-0.3, -0.25) is 9.88 Å². The van der Waals surface area contributed by atoms with Crippen molar-refractivity contribution in [1.29, 1.82) is 0 Å². The Morgan fingerprint density at radius 3 is 3.05 bits per heavy atom. The maximum Gasteiger partial charge on any atom is 0.119 e. The largest absolute Gasteiger partial charge is 0.497 e. The van der Waals surface area contributed by atoms with Crippen LogP contribution >= 0.6 is 0 Å². The van der Waals surface area contributed by atoms with Crippen molar-refractivity contribution in [3.05, 3.63) is 48.7 Å². The third-order valence-corrected chi connectivity index (χ3v) is 5.12. The third-order valence-electron chi connectivity index (χ3n) is 5.12. The average Bonchev–Trinajstić information content (AvgIpc) is 2.51. The zero-order valence-corrected chi connectivity index (χ0v) is 12.3. The number of rotatable bonds is 4. The molecule has 0 saturated carbocycles. The van der Waals surface area contributed by atoms with Gasteiger partial charge in [-0.2, -0.15) is 0 Å². The van der Waals surface area contributed by atoms with Crippen LogP contribution in [0.5, 0.6) is 5.75 Å². The lowest BCUT2D eigenvalue weighted by atomic mass is 9.72. The van der Waals surface area contributed by atoms with Gasteiger partial charge in [0.25, 0.3) is 0 Å². The minimum absolute atomic E-state index is 0.683. The normalized spacial score (nSPS) is 27.6. The molecule has 1 aromatic carbocycles. The summed E-state index contributed by atoms with van der Waals surface area (Å²) >= 11 is 0. The molecule has 0 spiro atoms. The Bertz CT molecular complexity index is 697. The van der Waals surface area contributed by atoms with Gasteiger partial charge in [-0.05, 0) is 42.7 Å². The Morgan fingerprint density at radius 2 is 2.33 bits per heavy atom. The fourth-order valence-electron chi connectivity index (χ4n) is 3.79. The molecule has 0 amide bonds. The van der Waals surface area contributed by atoms with E-state index in [4.69, 9.17) is 4.74 Å². The number of fused-ring (bicyclic) bond motifs is 2. The summed E-state index contributed by atoms with van der Waals surface area (Å²) < 4.78 is 5.35. The summed E-state index contributed by atoms with van der Waals surface area (Å²) in [4.78, 5) is 7.07. The first-order valence-electron chi connectivity index (χ1n) is 7.60. The van der Waals surface area contributed by atoms with Gasteiger partial charge in [0, 0.05) is 36.1 Å². The number of methoxy groups -OCH3 is 1. The lowest BCUT2D eigenvalue weighted by molar-refractivity contribution is -0.0987. The van der Waals surface area contributed by atoms with Gasteiger partial charge in [0.05, 0.1) is 12.6 Å². The Morgan fingerprint density at radius 1 is 1.43 bits per heavy atom. The van der Waals surface area contributed by atoms with Crippen LogP contribution in [0.25, 0.3) is 10.9 Å². The predicted molar refractivity (Wildman–Crippen MR) is 84.6 cm³/mol. The van der Waals surface area contributed by atoms with Gasteiger partial charge in [-0.15, -0.1) is 6.58 Å². The van der Waals surface area contributed by atoms with Gasteiger partial charge in [0.15, 0.2) is 0 Å². The molecule has 3 nitrogen and oxygen atoms in total. The van der Waals surface area contributed by atoms with Crippen molar-refractivity contribution < 1.29 is 4.74 Å². The average molecular weight is 280 g/mol. The molecule has 3 heteroatoms. The highest BCUT2D eigenvalue weighted by Gasteiger charge is 2.49. The van der Waals surface area contributed by atoms with Crippen LogP contribution in [0.2, 0.25) is 0 Å². The molecule has 2 aliphatic rings. The predicted octanol–water partition coefficient (Wildman–Crippen LogP) is 3.04. The topological polar surface area (TPSA) is 25.4 Å². The molecule has 21 heavy (non-hydrogen) atoms. The van der Waals surface area contributed by atoms with Crippen LogP contribution in [0.3, 0.4) is 0 Å². The maximum absolute atomic E-state index is 5.35. The summed E-state index contributed by atoms with van der Waals surface area (Å²) in [5.41, 5.74) is 2.43. The fourth-order valence-corrected chi connectivity index (χ4v) is 3.79. The molecule has 0 N–H and O–H groups in total. The minimum Gasteiger partial charge on any atom is -0.497 e. The molecule has 2 aromatic rings. The highest BCUT2D eigenvalue weighted by atomic mass is 16.5. The van der Waals surface area contributed by atoms with Gasteiger partial charge in [0.2, 0.25) is 0 Å². The summed E-state index contributed by atoms with van der Waals surface area (Å²) in [6, 6.07) is 9.72. The SMILES string of the molecule is C=CC1CN2C(Cc3ccnc4ccc(OC)cc34)CC12. The van der Waals surface area contributed by atoms with Gasteiger partial charge in [0.1, 0.15) is 5.75 Å². The summed E-state index contributed by atoms with van der Waals surface area (Å²) in [5.74, 6) is 1.62. The third kappa shape index (κ3) is 1.95. The number of ether oxygens (including phenoxy) is 1. The lowest BCUT2D eigenvalue weighted by Gasteiger charge is -2.61. The monoisotopic (exact) mass is 280 g/mol. The number of benzene rings is 1. The smallest absolute Gasteiger partial charge is 0.119 e. The highest BCUT2D eigenvalue weighted by molar-refractivity contribution is 5.83. The zero-order chi connectivity index (χ0) is 14.4. The number of hydrogen-bond donors (Lipinski definition) is 0. The Labute approximate surface area is 125 Å². The molecule has 0 aliphatic carbocycles. The van der Waals surface area contributed by atoms with Crippen LogP contribution in [-0.2, 0) is 6.42 Å². The molecular formula is C18H20N2O. The second-order valence-electron chi connectivity index (χ2n) is 6.11. The van der Waals surface area contributed by atoms with Crippen molar-refractivity contribution in [2.24, 2.45) is 5.92 Å². The summed E-state index contributed by atoms with van der Waals surface area (Å²) in [6.45, 7) is 5.11. The van der Waals surface area contributed by atoms with E-state index in [1.54, 1.807) is 7.11 Å². The zero-order valence-electron chi connectivity index (χ0n) is 12.3. The van der Waals surface area contributed by atoms with E-state index < -0.39 is 0 Å². The van der Waals surface area contributed by atoms with Crippen LogP contribution in [0.4, 0.5) is 0 Å². The van der Waals surface area contributed by atoms with Crippen LogP contribution in [0.1, 0.15) is 12.0 Å². The van der Waals surface area contributed by atoms with Gasteiger partial charge >= 0.3 is 0 Å². The van der Waals surface area contributed by atoms with Gasteiger partial charge < -0.3 is 4.74 Å². The lowest BCUT2D eigenvalue weighted by Crippen LogP contribution is -2.69. The van der Waals surface area contributed by atoms with E-state index in [9.17, 15) is 0 Å². The summed E-state index contributed by atoms with van der Waals surface area (Å²) in [6.07, 6.45) is 6.43. The number of nitrogens with zero attached hydrogens (tertiary/aromatic N) is 2. The van der Waals surface area contributed by atoms with Crippen LogP contribution in [0, 0.1) is 5.92 Å². The second-order valence-corrected chi connectivity index (χ2v) is 6.11. The number of pyridine rings is 1. The van der Waals surface area contributed by atoms with Crippen LogP contribution < -0.4 is 4.74 Å². The molecule has 3 atom stereocenters. The van der Waals surface area contributed by atoms with E-state index in [1.807, 2.05) is 18.3 Å². The molecular weight excluding hydrogens is 260 g/mol. The Kier molecular flexibility index (Phi) is 2.96. The number of aromatic nitrogens is 1. The Balaban J connectivity index is 1.58. The molecule has 3 unspecified atom stereocenters. The van der Waals surface area contributed by atoms with Gasteiger partial charge in [-0.1, -0.05) is 6.08 Å². The molecule has 2 fully saturated rings. The first-order chi connectivity index (χ1) is 10.3. The van der Waals surface area contributed by atoms with E-state index in [2.05, 4.69) is 34.7 Å². The first kappa shape index (κ1) is 12.8. The molecule has 4 rings (SSSR count). The standard InChI is InChI=1S/C18H20N2O/c1-3-12-11-20-14(9-18(12)20)8-13-6-7-19-17-5-4-15(21-2)10-16(13)17/h3-7,10,12,14,18H,1,8-9,11H2,2H3. The van der Waals surface area contributed by atoms with Crippen molar-refractivity contribution in [3.63, 3.8) is 0 Å². The minimum atomic E-state index is 0.683. The van der Waals surface area contributed by atoms with Crippen LogP contribution in [0.15, 0.2) is 43.1 Å². The summed E-state index contributed by atoms with van der Waals surface area (Å²) in [5, 5.41) is 1.22. The van der Waals surface area contributed by atoms with Gasteiger partial charge in [-0.25, -0.2) is 0 Å². The van der Waals surface area contributed by atoms with Crippen LogP contribution in [-0.4, -0.2) is 35.6 Å². The van der Waals surface area contributed by atoms with Crippen molar-refractivity contribution in [1.82, 2.24) is 9.88 Å². The molecule has 1 aromatic heterocycles. The number of piperidine rings is 1. The van der Waals surface area contributed by atoms with E-state index >= 15 is 0 Å². The maximum atomic E-state index is 5.35. The van der Waals surface area contributed by atoms with Crippen molar-refractivity contribution >= 4 is 10.9 Å². The quantitative estimate of drug-likeness (QED) is 0.805. The first-order valence-corrected chi connectivity index (χ1v) is 7.60. The van der Waals surface area contributed by atoms with E-state index in [0.717, 1.165) is 29.6 Å². The highest BCUT2D eigenvalue weighted by Crippen LogP contribution is 2.43. The van der Waals surface area contributed by atoms with Crippen molar-refractivity contribution in [3.8, 4) is 5.75 Å². The second kappa shape index (κ2) is 4.85. The van der Waals surface area contributed by atoms with Crippen molar-refractivity contribution in [2.75, 3.05) is 13.7 Å². The molecule has 0 bridgehead atoms.